The largest absolute Gasteiger partial charge is 0.478 e. The summed E-state index contributed by atoms with van der Waals surface area (Å²) >= 11 is 1.79. The maximum absolute atomic E-state index is 13.0. The van der Waals surface area contributed by atoms with E-state index in [0.717, 1.165) is 37.1 Å². The van der Waals surface area contributed by atoms with Gasteiger partial charge in [-0.2, -0.15) is 11.8 Å². The lowest BCUT2D eigenvalue weighted by Gasteiger charge is -2.10. The Morgan fingerprint density at radius 2 is 2.05 bits per heavy atom. The maximum Gasteiger partial charge on any atom is 0.337 e. The van der Waals surface area contributed by atoms with Crippen LogP contribution < -0.4 is 10.6 Å². The summed E-state index contributed by atoms with van der Waals surface area (Å²) in [6.07, 6.45) is 5.04. The van der Waals surface area contributed by atoms with Crippen LogP contribution in [-0.4, -0.2) is 35.7 Å². The van der Waals surface area contributed by atoms with E-state index >= 15 is 0 Å². The molecule has 1 aromatic rings. The van der Waals surface area contributed by atoms with Crippen molar-refractivity contribution in [3.8, 4) is 0 Å². The van der Waals surface area contributed by atoms with Crippen LogP contribution in [0.1, 0.15) is 29.6 Å². The SMILES string of the molecule is CSCCCCCNC(=O)Nc1ccc(F)cc1C(=O)O. The van der Waals surface area contributed by atoms with Crippen molar-refractivity contribution in [2.45, 2.75) is 19.3 Å². The van der Waals surface area contributed by atoms with E-state index in [-0.39, 0.29) is 11.3 Å². The van der Waals surface area contributed by atoms with E-state index < -0.39 is 17.8 Å². The molecule has 0 aromatic heterocycles. The van der Waals surface area contributed by atoms with Gasteiger partial charge in [0, 0.05) is 6.54 Å². The van der Waals surface area contributed by atoms with Crippen LogP contribution in [0.5, 0.6) is 0 Å². The summed E-state index contributed by atoms with van der Waals surface area (Å²) in [6.45, 7) is 0.518. The average Bonchev–Trinajstić information content (AvgIpc) is 2.44. The molecule has 0 fully saturated rings. The van der Waals surface area contributed by atoms with Gasteiger partial charge in [0.15, 0.2) is 0 Å². The van der Waals surface area contributed by atoms with Crippen LogP contribution >= 0.6 is 11.8 Å². The molecule has 1 aromatic carbocycles. The first kappa shape index (κ1) is 17.3. The molecule has 5 nitrogen and oxygen atoms in total. The number of thioether (sulfide) groups is 1. The molecule has 1 rings (SSSR count). The summed E-state index contributed by atoms with van der Waals surface area (Å²) in [6, 6.07) is 2.72. The summed E-state index contributed by atoms with van der Waals surface area (Å²) < 4.78 is 13.0. The third-order valence-electron chi connectivity index (χ3n) is 2.77. The Morgan fingerprint density at radius 3 is 2.71 bits per heavy atom. The number of rotatable bonds is 8. The molecule has 0 aliphatic heterocycles. The van der Waals surface area contributed by atoms with Crippen molar-refractivity contribution in [3.63, 3.8) is 0 Å². The molecule has 0 heterocycles. The Hall–Kier alpha value is -1.76. The highest BCUT2D eigenvalue weighted by atomic mass is 32.2. The van der Waals surface area contributed by atoms with Gasteiger partial charge in [0.2, 0.25) is 0 Å². The van der Waals surface area contributed by atoms with Gasteiger partial charge < -0.3 is 15.7 Å². The summed E-state index contributed by atoms with van der Waals surface area (Å²) in [5, 5.41) is 14.0. The molecule has 0 aliphatic carbocycles. The lowest BCUT2D eigenvalue weighted by atomic mass is 10.2. The Bertz CT molecular complexity index is 497. The molecule has 3 N–H and O–H groups in total. The second kappa shape index (κ2) is 9.23. The number of halogens is 1. The van der Waals surface area contributed by atoms with Gasteiger partial charge in [-0.15, -0.1) is 0 Å². The normalized spacial score (nSPS) is 10.2. The van der Waals surface area contributed by atoms with Gasteiger partial charge in [0.1, 0.15) is 5.82 Å². The van der Waals surface area contributed by atoms with E-state index in [1.54, 1.807) is 11.8 Å². The van der Waals surface area contributed by atoms with Crippen LogP contribution in [0, 0.1) is 5.82 Å². The quantitative estimate of drug-likeness (QED) is 0.644. The summed E-state index contributed by atoms with van der Waals surface area (Å²) in [7, 11) is 0. The van der Waals surface area contributed by atoms with E-state index in [4.69, 9.17) is 5.11 Å². The van der Waals surface area contributed by atoms with Crippen LogP contribution in [0.4, 0.5) is 14.9 Å². The van der Waals surface area contributed by atoms with Crippen molar-refractivity contribution in [2.24, 2.45) is 0 Å². The smallest absolute Gasteiger partial charge is 0.337 e. The Morgan fingerprint density at radius 1 is 1.29 bits per heavy atom. The zero-order chi connectivity index (χ0) is 15.7. The molecule has 2 amide bonds. The van der Waals surface area contributed by atoms with Gasteiger partial charge in [-0.3, -0.25) is 0 Å². The first-order valence-corrected chi connectivity index (χ1v) is 8.00. The fourth-order valence-electron chi connectivity index (χ4n) is 1.72. The molecular formula is C14H19FN2O3S. The fourth-order valence-corrected chi connectivity index (χ4v) is 2.21. The topological polar surface area (TPSA) is 78.4 Å². The van der Waals surface area contributed by atoms with Gasteiger partial charge in [0.25, 0.3) is 0 Å². The molecule has 0 spiro atoms. The average molecular weight is 314 g/mol. The van der Waals surface area contributed by atoms with Gasteiger partial charge >= 0.3 is 12.0 Å². The number of carbonyl (C=O) groups is 2. The maximum atomic E-state index is 13.0. The number of hydrogen-bond donors (Lipinski definition) is 3. The number of carbonyl (C=O) groups excluding carboxylic acids is 1. The molecule has 0 radical (unpaired) electrons. The van der Waals surface area contributed by atoms with E-state index in [9.17, 15) is 14.0 Å². The number of amides is 2. The first-order valence-electron chi connectivity index (χ1n) is 6.61. The fraction of sp³-hybridized carbons (Fsp3) is 0.429. The third-order valence-corrected chi connectivity index (χ3v) is 3.47. The number of carboxylic acid groups (broad SMARTS) is 1. The number of carboxylic acids is 1. The van der Waals surface area contributed by atoms with E-state index in [0.29, 0.717) is 6.54 Å². The summed E-state index contributed by atoms with van der Waals surface area (Å²) in [4.78, 5) is 22.6. The predicted molar refractivity (Wildman–Crippen MR) is 82.6 cm³/mol. The Labute approximate surface area is 127 Å². The summed E-state index contributed by atoms with van der Waals surface area (Å²) in [5.41, 5.74) is -0.200. The van der Waals surface area contributed by atoms with Crippen LogP contribution in [0.3, 0.4) is 0 Å². The van der Waals surface area contributed by atoms with Crippen molar-refractivity contribution < 1.29 is 19.1 Å². The zero-order valence-corrected chi connectivity index (χ0v) is 12.6. The number of nitrogens with one attached hydrogen (secondary N) is 2. The monoisotopic (exact) mass is 314 g/mol. The van der Waals surface area contributed by atoms with Crippen molar-refractivity contribution in [1.82, 2.24) is 5.32 Å². The number of hydrogen-bond acceptors (Lipinski definition) is 3. The van der Waals surface area contributed by atoms with Gasteiger partial charge in [-0.25, -0.2) is 14.0 Å². The highest BCUT2D eigenvalue weighted by Gasteiger charge is 2.13. The van der Waals surface area contributed by atoms with Crippen LogP contribution in [0.25, 0.3) is 0 Å². The third kappa shape index (κ3) is 6.48. The second-order valence-corrected chi connectivity index (χ2v) is 5.42. The molecule has 0 atom stereocenters. The molecule has 7 heteroatoms. The molecule has 116 valence electrons. The van der Waals surface area contributed by atoms with Gasteiger partial charge in [-0.1, -0.05) is 6.42 Å². The molecule has 21 heavy (non-hydrogen) atoms. The van der Waals surface area contributed by atoms with Gasteiger partial charge in [0.05, 0.1) is 11.3 Å². The lowest BCUT2D eigenvalue weighted by molar-refractivity contribution is 0.0697. The van der Waals surface area contributed by atoms with Crippen LogP contribution in [-0.2, 0) is 0 Å². The van der Waals surface area contributed by atoms with Crippen LogP contribution in [0.15, 0.2) is 18.2 Å². The number of unbranched alkanes of at least 4 members (excludes halogenated alkanes) is 2. The van der Waals surface area contributed by atoms with Crippen LogP contribution in [0.2, 0.25) is 0 Å². The molecule has 0 bridgehead atoms. The lowest BCUT2D eigenvalue weighted by Crippen LogP contribution is -2.30. The number of urea groups is 1. The van der Waals surface area contributed by atoms with E-state index in [1.165, 1.54) is 6.07 Å². The Kier molecular flexibility index (Phi) is 7.60. The minimum absolute atomic E-state index is 0.0729. The minimum Gasteiger partial charge on any atom is -0.478 e. The number of anilines is 1. The number of benzene rings is 1. The highest BCUT2D eigenvalue weighted by Crippen LogP contribution is 2.16. The van der Waals surface area contributed by atoms with Gasteiger partial charge in [-0.05, 0) is 43.0 Å². The highest BCUT2D eigenvalue weighted by molar-refractivity contribution is 7.98. The van der Waals surface area contributed by atoms with Crippen molar-refractivity contribution in [1.29, 1.82) is 0 Å². The predicted octanol–water partition coefficient (Wildman–Crippen LogP) is 3.18. The van der Waals surface area contributed by atoms with Crippen molar-refractivity contribution >= 4 is 29.4 Å². The Balaban J connectivity index is 2.43. The molecule has 0 saturated heterocycles. The van der Waals surface area contributed by atoms with Crippen molar-refractivity contribution in [2.75, 3.05) is 23.9 Å². The molecule has 0 aliphatic rings. The number of aromatic carboxylic acids is 1. The molecule has 0 unspecified atom stereocenters. The van der Waals surface area contributed by atoms with Crippen molar-refractivity contribution in [3.05, 3.63) is 29.6 Å². The summed E-state index contributed by atoms with van der Waals surface area (Å²) in [5.74, 6) is -0.849. The molecular weight excluding hydrogens is 295 g/mol. The minimum atomic E-state index is -1.29. The first-order chi connectivity index (χ1) is 10.0. The van der Waals surface area contributed by atoms with E-state index in [2.05, 4.69) is 16.9 Å². The second-order valence-electron chi connectivity index (χ2n) is 4.43. The molecule has 0 saturated carbocycles. The van der Waals surface area contributed by atoms with E-state index in [1.807, 2.05) is 0 Å². The standard InChI is InChI=1S/C14H19FN2O3S/c1-21-8-4-2-3-7-16-14(20)17-12-6-5-10(15)9-11(12)13(18)19/h5-6,9H,2-4,7-8H2,1H3,(H,18,19)(H2,16,17,20). The zero-order valence-electron chi connectivity index (χ0n) is 11.8.